The van der Waals surface area contributed by atoms with E-state index in [0.717, 1.165) is 28.0 Å². The normalized spacial score (nSPS) is 18.3. The monoisotopic (exact) mass is 374 g/mol. The molecule has 1 aliphatic heterocycles. The molecule has 3 aromatic heterocycles. The van der Waals surface area contributed by atoms with E-state index in [-0.39, 0.29) is 16.9 Å². The lowest BCUT2D eigenvalue weighted by atomic mass is 10.1. The van der Waals surface area contributed by atoms with Gasteiger partial charge in [-0.2, -0.15) is 16.0 Å². The average Bonchev–Trinajstić information content (AvgIpc) is 3.47. The Balaban J connectivity index is 1.54. The van der Waals surface area contributed by atoms with E-state index >= 15 is 0 Å². The topological polar surface area (TPSA) is 71.8 Å². The van der Waals surface area contributed by atoms with E-state index in [1.807, 2.05) is 35.4 Å². The molecule has 7 heteroatoms. The smallest absolute Gasteiger partial charge is 0.141 e. The minimum Gasteiger partial charge on any atom is -0.346 e. The second-order valence-electron chi connectivity index (χ2n) is 6.36. The Kier molecular flexibility index (Phi) is 4.06. The van der Waals surface area contributed by atoms with Gasteiger partial charge in [-0.1, -0.05) is 30.3 Å². The second kappa shape index (κ2) is 6.85. The molecule has 0 saturated carbocycles. The van der Waals surface area contributed by atoms with Gasteiger partial charge in [0.15, 0.2) is 0 Å². The highest BCUT2D eigenvalue weighted by Gasteiger charge is 2.19. The average molecular weight is 374 g/mol. The van der Waals surface area contributed by atoms with Crippen molar-refractivity contribution in [1.29, 1.82) is 0 Å². The predicted molar refractivity (Wildman–Crippen MR) is 111 cm³/mol. The lowest BCUT2D eigenvalue weighted by Gasteiger charge is -2.21. The maximum Gasteiger partial charge on any atom is 0.141 e. The minimum atomic E-state index is -0.361. The Bertz CT molecular complexity index is 1120. The van der Waals surface area contributed by atoms with Crippen LogP contribution in [0.1, 0.15) is 11.6 Å². The summed E-state index contributed by atoms with van der Waals surface area (Å²) in [5, 5.41) is 7.89. The van der Waals surface area contributed by atoms with Crippen LogP contribution in [0.3, 0.4) is 0 Å². The van der Waals surface area contributed by atoms with Gasteiger partial charge in [0.05, 0.1) is 17.9 Å². The Morgan fingerprint density at radius 3 is 2.89 bits per heavy atom. The highest BCUT2D eigenvalue weighted by molar-refractivity contribution is 8.31. The zero-order valence-corrected chi connectivity index (χ0v) is 15.4. The molecule has 0 bridgehead atoms. The van der Waals surface area contributed by atoms with Gasteiger partial charge >= 0.3 is 0 Å². The minimum absolute atomic E-state index is 0.156. The van der Waals surface area contributed by atoms with Crippen molar-refractivity contribution in [2.45, 2.75) is 6.04 Å². The Morgan fingerprint density at radius 2 is 2.04 bits per heavy atom. The first-order chi connectivity index (χ1) is 13.4. The lowest BCUT2D eigenvalue weighted by Crippen LogP contribution is -2.15. The van der Waals surface area contributed by atoms with Crippen LogP contribution in [0.2, 0.25) is 0 Å². The quantitative estimate of drug-likeness (QED) is 0.520. The van der Waals surface area contributed by atoms with Crippen LogP contribution in [0.4, 0.5) is 0 Å². The zero-order valence-electron chi connectivity index (χ0n) is 14.5. The molecule has 0 radical (unpaired) electrons. The summed E-state index contributed by atoms with van der Waals surface area (Å²) in [5.41, 5.74) is 6.03. The van der Waals surface area contributed by atoms with Crippen molar-refractivity contribution < 1.29 is 0 Å². The van der Waals surface area contributed by atoms with Crippen molar-refractivity contribution in [3.63, 3.8) is 0 Å². The third-order valence-electron chi connectivity index (χ3n) is 4.68. The summed E-state index contributed by atoms with van der Waals surface area (Å²) in [6, 6.07) is 12.7. The van der Waals surface area contributed by atoms with Gasteiger partial charge in [-0.25, -0.2) is 9.97 Å². The van der Waals surface area contributed by atoms with Crippen LogP contribution in [0.5, 0.6) is 0 Å². The molecule has 1 aliphatic rings. The summed E-state index contributed by atoms with van der Waals surface area (Å²) in [6.07, 6.45) is 9.33. The van der Waals surface area contributed by atoms with Gasteiger partial charge in [-0.3, -0.25) is 9.67 Å². The number of hydrogen-bond donors (Lipinski definition) is 2. The number of fused-ring (bicyclic) bond motifs is 1. The van der Waals surface area contributed by atoms with E-state index in [1.165, 1.54) is 5.56 Å². The van der Waals surface area contributed by atoms with E-state index < -0.39 is 0 Å². The molecule has 6 nitrogen and oxygen atoms in total. The number of nitrogens with one attached hydrogen (secondary N) is 1. The number of rotatable bonds is 5. The summed E-state index contributed by atoms with van der Waals surface area (Å²) in [5.74, 6) is 0.976. The molecular weight excluding hydrogens is 356 g/mol. The molecule has 1 N–H and O–H groups in total. The molecule has 0 amide bonds. The van der Waals surface area contributed by atoms with Gasteiger partial charge in [-0.15, -0.1) is 0 Å². The van der Waals surface area contributed by atoms with Crippen molar-refractivity contribution in [1.82, 2.24) is 24.7 Å². The first kappa shape index (κ1) is 16.0. The number of H-pyrrole nitrogens is 1. The fourth-order valence-electron chi connectivity index (χ4n) is 3.34. The fraction of sp³-hybridized carbons (Fsp3) is 0.100. The highest BCUT2D eigenvalue weighted by atomic mass is 32.2. The van der Waals surface area contributed by atoms with Gasteiger partial charge in [0.25, 0.3) is 0 Å². The molecule has 0 aliphatic carbocycles. The predicted octanol–water partition coefficient (Wildman–Crippen LogP) is 3.93. The number of aromatic amines is 1. The molecule has 2 atom stereocenters. The molecule has 0 spiro atoms. The molecule has 4 heterocycles. The van der Waals surface area contributed by atoms with Gasteiger partial charge < -0.3 is 4.98 Å². The summed E-state index contributed by atoms with van der Waals surface area (Å²) in [7, 11) is -0.361. The van der Waals surface area contributed by atoms with Gasteiger partial charge in [0, 0.05) is 40.8 Å². The SMILES string of the molecule is C1=C[SH](CC(c2ccccc2)n2cc(-c3ncnc4[nH]ccc34)cn2)C=N1. The highest BCUT2D eigenvalue weighted by Crippen LogP contribution is 2.35. The molecule has 0 saturated heterocycles. The maximum atomic E-state index is 4.69. The molecule has 27 heavy (non-hydrogen) atoms. The molecular formula is C20H18N6S. The van der Waals surface area contributed by atoms with Gasteiger partial charge in [0.1, 0.15) is 12.0 Å². The molecule has 0 fully saturated rings. The fourth-order valence-corrected chi connectivity index (χ4v) is 4.91. The molecule has 134 valence electrons. The van der Waals surface area contributed by atoms with E-state index in [1.54, 1.807) is 6.33 Å². The van der Waals surface area contributed by atoms with Crippen LogP contribution in [0.25, 0.3) is 22.3 Å². The number of aromatic nitrogens is 5. The Morgan fingerprint density at radius 1 is 1.11 bits per heavy atom. The largest absolute Gasteiger partial charge is 0.346 e. The Hall–Kier alpha value is -3.19. The molecule has 4 aromatic rings. The number of hydrogen-bond acceptors (Lipinski definition) is 4. The van der Waals surface area contributed by atoms with Crippen LogP contribution < -0.4 is 0 Å². The summed E-state index contributed by atoms with van der Waals surface area (Å²) >= 11 is 0. The van der Waals surface area contributed by atoms with Crippen LogP contribution in [-0.4, -0.2) is 36.0 Å². The third kappa shape index (κ3) is 3.06. The standard InChI is InChI=1S/C20H18N6S/c1-2-4-15(5-3-1)18(12-27-9-8-21-14-27)26-11-16(10-25-26)19-17-6-7-22-20(17)24-13-23-19/h1-11,13-14,18,27H,12H2,(H,22,23,24). The second-order valence-corrected chi connectivity index (χ2v) is 8.28. The first-order valence-electron chi connectivity index (χ1n) is 8.72. The van der Waals surface area contributed by atoms with Crippen molar-refractivity contribution in [2.75, 3.05) is 5.75 Å². The third-order valence-corrected chi connectivity index (χ3v) is 6.39. The summed E-state index contributed by atoms with van der Waals surface area (Å²) in [6.45, 7) is 0. The van der Waals surface area contributed by atoms with Crippen LogP contribution in [0.15, 0.2) is 77.9 Å². The zero-order chi connectivity index (χ0) is 18.1. The Labute approximate surface area is 159 Å². The summed E-state index contributed by atoms with van der Waals surface area (Å²) < 4.78 is 2.05. The number of benzene rings is 1. The molecule has 5 rings (SSSR count). The van der Waals surface area contributed by atoms with Gasteiger partial charge in [-0.05, 0) is 17.0 Å². The van der Waals surface area contributed by atoms with Crippen LogP contribution in [-0.2, 0) is 0 Å². The first-order valence-corrected chi connectivity index (χ1v) is 10.4. The number of nitrogens with zero attached hydrogens (tertiary/aromatic N) is 5. The van der Waals surface area contributed by atoms with E-state index in [2.05, 4.69) is 61.4 Å². The number of thiol groups is 1. The van der Waals surface area contributed by atoms with E-state index in [4.69, 9.17) is 5.10 Å². The van der Waals surface area contributed by atoms with Crippen LogP contribution in [0, 0.1) is 0 Å². The van der Waals surface area contributed by atoms with Crippen molar-refractivity contribution in [3.05, 3.63) is 78.5 Å². The van der Waals surface area contributed by atoms with Crippen molar-refractivity contribution in [2.24, 2.45) is 4.99 Å². The lowest BCUT2D eigenvalue weighted by molar-refractivity contribution is 0.572. The van der Waals surface area contributed by atoms with Crippen molar-refractivity contribution in [3.8, 4) is 11.3 Å². The number of aliphatic imine (C=N–C) groups is 1. The van der Waals surface area contributed by atoms with Gasteiger partial charge in [0.2, 0.25) is 0 Å². The molecule has 2 unspecified atom stereocenters. The maximum absolute atomic E-state index is 4.69. The van der Waals surface area contributed by atoms with Crippen molar-refractivity contribution >= 4 is 27.5 Å². The van der Waals surface area contributed by atoms with Crippen LogP contribution >= 0.6 is 10.9 Å². The van der Waals surface area contributed by atoms with E-state index in [0.29, 0.717) is 0 Å². The summed E-state index contributed by atoms with van der Waals surface area (Å²) in [4.78, 5) is 16.2. The van der Waals surface area contributed by atoms with E-state index in [9.17, 15) is 0 Å². The molecule has 1 aromatic carbocycles.